The first-order chi connectivity index (χ1) is 7.35. The Morgan fingerprint density at radius 2 is 1.88 bits per heavy atom. The van der Waals surface area contributed by atoms with Crippen molar-refractivity contribution in [2.75, 3.05) is 33.8 Å². The van der Waals surface area contributed by atoms with E-state index in [0.717, 1.165) is 26.1 Å². The van der Waals surface area contributed by atoms with Crippen molar-refractivity contribution in [2.45, 2.75) is 52.2 Å². The highest BCUT2D eigenvalue weighted by atomic mass is 16.5. The van der Waals surface area contributed by atoms with Crippen LogP contribution in [0.5, 0.6) is 0 Å². The van der Waals surface area contributed by atoms with E-state index < -0.39 is 0 Å². The maximum absolute atomic E-state index is 5.23. The van der Waals surface area contributed by atoms with Crippen LogP contribution in [0.2, 0.25) is 0 Å². The van der Waals surface area contributed by atoms with Gasteiger partial charge in [0, 0.05) is 25.7 Å². The molecule has 1 N–H and O–H groups in total. The van der Waals surface area contributed by atoms with E-state index >= 15 is 0 Å². The molecule has 0 rings (SSSR count). The summed E-state index contributed by atoms with van der Waals surface area (Å²) in [4.78, 5) is 2.38. The van der Waals surface area contributed by atoms with Gasteiger partial charge in [0.2, 0.25) is 0 Å². The molecule has 0 saturated heterocycles. The topological polar surface area (TPSA) is 24.5 Å². The molecule has 1 atom stereocenters. The first kappa shape index (κ1) is 15.9. The van der Waals surface area contributed by atoms with Crippen LogP contribution in [-0.4, -0.2) is 50.3 Å². The summed E-state index contributed by atoms with van der Waals surface area (Å²) in [6, 6.07) is 0. The van der Waals surface area contributed by atoms with Crippen molar-refractivity contribution >= 4 is 0 Å². The Bertz CT molecular complexity index is 166. The van der Waals surface area contributed by atoms with Crippen molar-refractivity contribution in [2.24, 2.45) is 0 Å². The number of methoxy groups -OCH3 is 1. The highest BCUT2D eigenvalue weighted by Crippen LogP contribution is 2.01. The van der Waals surface area contributed by atoms with Gasteiger partial charge in [-0.1, -0.05) is 0 Å². The Morgan fingerprint density at radius 3 is 2.38 bits per heavy atom. The molecule has 0 heterocycles. The molecule has 1 unspecified atom stereocenters. The molecular weight excluding hydrogens is 200 g/mol. The third-order valence-electron chi connectivity index (χ3n) is 2.70. The first-order valence-corrected chi connectivity index (χ1v) is 6.31. The van der Waals surface area contributed by atoms with Crippen LogP contribution in [0.15, 0.2) is 0 Å². The van der Waals surface area contributed by atoms with Crippen LogP contribution in [0.1, 0.15) is 40.5 Å². The third kappa shape index (κ3) is 10.4. The van der Waals surface area contributed by atoms with Crippen molar-refractivity contribution in [3.63, 3.8) is 0 Å². The second kappa shape index (κ2) is 8.04. The Balaban J connectivity index is 3.41. The van der Waals surface area contributed by atoms with Gasteiger partial charge in [0.15, 0.2) is 0 Å². The zero-order chi connectivity index (χ0) is 12.6. The van der Waals surface area contributed by atoms with Crippen LogP contribution in [0.3, 0.4) is 0 Å². The molecule has 16 heavy (non-hydrogen) atoms. The average Bonchev–Trinajstić information content (AvgIpc) is 2.15. The molecule has 0 aliphatic rings. The van der Waals surface area contributed by atoms with Gasteiger partial charge in [0.25, 0.3) is 0 Å². The summed E-state index contributed by atoms with van der Waals surface area (Å²) in [5, 5.41) is 3.50. The standard InChI is InChI=1S/C13H30N2O/c1-12(16-6)8-7-10-15(5)11-9-14-13(2,3)4/h12,14H,7-11H2,1-6H3. The van der Waals surface area contributed by atoms with Crippen LogP contribution in [0.4, 0.5) is 0 Å². The summed E-state index contributed by atoms with van der Waals surface area (Å²) in [5.41, 5.74) is 0.228. The van der Waals surface area contributed by atoms with Crippen molar-refractivity contribution in [3.05, 3.63) is 0 Å². The van der Waals surface area contributed by atoms with E-state index in [2.05, 4.69) is 45.0 Å². The van der Waals surface area contributed by atoms with Crippen LogP contribution in [0, 0.1) is 0 Å². The number of nitrogens with one attached hydrogen (secondary N) is 1. The van der Waals surface area contributed by atoms with Gasteiger partial charge >= 0.3 is 0 Å². The molecule has 0 aromatic heterocycles. The van der Waals surface area contributed by atoms with Crippen LogP contribution < -0.4 is 5.32 Å². The molecule has 0 bridgehead atoms. The molecule has 3 heteroatoms. The predicted molar refractivity (Wildman–Crippen MR) is 71.0 cm³/mol. The average molecular weight is 230 g/mol. The van der Waals surface area contributed by atoms with Crippen molar-refractivity contribution in [1.29, 1.82) is 0 Å². The number of hydrogen-bond acceptors (Lipinski definition) is 3. The second-order valence-corrected chi connectivity index (χ2v) is 5.67. The SMILES string of the molecule is COC(C)CCCN(C)CCNC(C)(C)C. The Morgan fingerprint density at radius 1 is 1.25 bits per heavy atom. The summed E-state index contributed by atoms with van der Waals surface area (Å²) >= 11 is 0. The summed E-state index contributed by atoms with van der Waals surface area (Å²) in [5.74, 6) is 0. The molecule has 0 saturated carbocycles. The van der Waals surface area contributed by atoms with Gasteiger partial charge < -0.3 is 15.0 Å². The lowest BCUT2D eigenvalue weighted by Crippen LogP contribution is -2.40. The number of hydrogen-bond donors (Lipinski definition) is 1. The van der Waals surface area contributed by atoms with E-state index in [9.17, 15) is 0 Å². The fourth-order valence-corrected chi connectivity index (χ4v) is 1.50. The number of ether oxygens (including phenoxy) is 1. The van der Waals surface area contributed by atoms with E-state index in [1.807, 2.05) is 0 Å². The lowest BCUT2D eigenvalue weighted by Gasteiger charge is -2.23. The van der Waals surface area contributed by atoms with E-state index in [1.54, 1.807) is 7.11 Å². The van der Waals surface area contributed by atoms with Gasteiger partial charge in [-0.3, -0.25) is 0 Å². The zero-order valence-electron chi connectivity index (χ0n) is 12.0. The van der Waals surface area contributed by atoms with Gasteiger partial charge in [-0.05, 0) is 54.1 Å². The summed E-state index contributed by atoms with van der Waals surface area (Å²) in [6.45, 7) is 12.0. The fraction of sp³-hybridized carbons (Fsp3) is 1.00. The first-order valence-electron chi connectivity index (χ1n) is 6.31. The van der Waals surface area contributed by atoms with Crippen LogP contribution in [-0.2, 0) is 4.74 Å². The summed E-state index contributed by atoms with van der Waals surface area (Å²) in [7, 11) is 3.96. The maximum Gasteiger partial charge on any atom is 0.0543 e. The van der Waals surface area contributed by atoms with E-state index in [4.69, 9.17) is 4.74 Å². The third-order valence-corrected chi connectivity index (χ3v) is 2.70. The van der Waals surface area contributed by atoms with Gasteiger partial charge in [0.1, 0.15) is 0 Å². The van der Waals surface area contributed by atoms with Gasteiger partial charge in [0.05, 0.1) is 6.10 Å². The molecule has 0 aliphatic carbocycles. The molecule has 3 nitrogen and oxygen atoms in total. The van der Waals surface area contributed by atoms with Crippen LogP contribution >= 0.6 is 0 Å². The van der Waals surface area contributed by atoms with E-state index in [1.165, 1.54) is 6.42 Å². The van der Waals surface area contributed by atoms with Crippen molar-refractivity contribution in [3.8, 4) is 0 Å². The Labute approximate surface area is 102 Å². The number of likely N-dealkylation sites (N-methyl/N-ethyl adjacent to an activating group) is 1. The molecular formula is C13H30N2O. The molecule has 0 aromatic carbocycles. The smallest absolute Gasteiger partial charge is 0.0543 e. The van der Waals surface area contributed by atoms with Crippen molar-refractivity contribution < 1.29 is 4.74 Å². The Hall–Kier alpha value is -0.120. The summed E-state index contributed by atoms with van der Waals surface area (Å²) in [6.07, 6.45) is 2.75. The lowest BCUT2D eigenvalue weighted by molar-refractivity contribution is 0.106. The number of nitrogens with zero attached hydrogens (tertiary/aromatic N) is 1. The normalized spacial score (nSPS) is 14.4. The Kier molecular flexibility index (Phi) is 7.98. The molecule has 98 valence electrons. The zero-order valence-corrected chi connectivity index (χ0v) is 12.0. The maximum atomic E-state index is 5.23. The monoisotopic (exact) mass is 230 g/mol. The minimum Gasteiger partial charge on any atom is -0.382 e. The molecule has 0 fully saturated rings. The van der Waals surface area contributed by atoms with Crippen molar-refractivity contribution in [1.82, 2.24) is 10.2 Å². The van der Waals surface area contributed by atoms with Gasteiger partial charge in [-0.25, -0.2) is 0 Å². The van der Waals surface area contributed by atoms with E-state index in [0.29, 0.717) is 6.10 Å². The lowest BCUT2D eigenvalue weighted by atomic mass is 10.1. The molecule has 0 aromatic rings. The minimum absolute atomic E-state index is 0.228. The van der Waals surface area contributed by atoms with Gasteiger partial charge in [-0.2, -0.15) is 0 Å². The molecule has 0 radical (unpaired) electrons. The highest BCUT2D eigenvalue weighted by molar-refractivity contribution is 4.70. The quantitative estimate of drug-likeness (QED) is 0.691. The largest absolute Gasteiger partial charge is 0.382 e. The molecule has 0 spiro atoms. The van der Waals surface area contributed by atoms with E-state index in [-0.39, 0.29) is 5.54 Å². The minimum atomic E-state index is 0.228. The second-order valence-electron chi connectivity index (χ2n) is 5.67. The fourth-order valence-electron chi connectivity index (χ4n) is 1.50. The number of rotatable bonds is 8. The highest BCUT2D eigenvalue weighted by Gasteiger charge is 2.08. The van der Waals surface area contributed by atoms with Gasteiger partial charge in [-0.15, -0.1) is 0 Å². The summed E-state index contributed by atoms with van der Waals surface area (Å²) < 4.78 is 5.23. The molecule has 0 amide bonds. The predicted octanol–water partition coefficient (Wildman–Crippen LogP) is 2.12. The van der Waals surface area contributed by atoms with Crippen LogP contribution in [0.25, 0.3) is 0 Å². The molecule has 0 aliphatic heterocycles.